The molecule has 2 amide bonds. The van der Waals surface area contributed by atoms with E-state index >= 15 is 0 Å². The van der Waals surface area contributed by atoms with Crippen molar-refractivity contribution >= 4 is 35.2 Å². The largest absolute Gasteiger partial charge is 0.324 e. The molecule has 1 aliphatic rings. The van der Waals surface area contributed by atoms with Gasteiger partial charge in [0, 0.05) is 22.9 Å². The van der Waals surface area contributed by atoms with Crippen molar-refractivity contribution in [2.75, 3.05) is 10.6 Å². The van der Waals surface area contributed by atoms with Gasteiger partial charge in [-0.15, -0.1) is 11.8 Å². The van der Waals surface area contributed by atoms with Crippen LogP contribution in [0.4, 0.5) is 11.6 Å². The van der Waals surface area contributed by atoms with Gasteiger partial charge in [-0.25, -0.2) is 9.97 Å². The number of nitrogens with one attached hydrogen (secondary N) is 2. The second-order valence-corrected chi connectivity index (χ2v) is 5.87. The Morgan fingerprint density at radius 3 is 2.86 bits per heavy atom. The molecule has 1 aromatic heterocycles. The Morgan fingerprint density at radius 1 is 1.33 bits per heavy atom. The Balaban J connectivity index is 1.82. The van der Waals surface area contributed by atoms with Crippen molar-refractivity contribution in [2.45, 2.75) is 17.1 Å². The Labute approximate surface area is 125 Å². The maximum absolute atomic E-state index is 12.1. The van der Waals surface area contributed by atoms with Crippen LogP contribution in [0.1, 0.15) is 17.3 Å². The summed E-state index contributed by atoms with van der Waals surface area (Å²) in [7, 11) is 0. The molecular weight excluding hydrogens is 288 g/mol. The molecule has 0 aliphatic carbocycles. The zero-order valence-corrected chi connectivity index (χ0v) is 12.0. The van der Waals surface area contributed by atoms with Crippen LogP contribution in [0.25, 0.3) is 0 Å². The first-order valence-electron chi connectivity index (χ1n) is 6.33. The number of carbonyl (C=O) groups excluding carboxylic acids is 2. The molecule has 0 spiro atoms. The SMILES string of the molecule is CC1Sc2ccc(C(=O)Nc3ncccn3)cc2NC1=O. The van der Waals surface area contributed by atoms with Gasteiger partial charge in [-0.2, -0.15) is 0 Å². The number of aromatic nitrogens is 2. The van der Waals surface area contributed by atoms with Crippen LogP contribution in [0, 0.1) is 0 Å². The van der Waals surface area contributed by atoms with Crippen LogP contribution in [0.5, 0.6) is 0 Å². The maximum atomic E-state index is 12.1. The van der Waals surface area contributed by atoms with Crippen molar-refractivity contribution in [1.82, 2.24) is 9.97 Å². The van der Waals surface area contributed by atoms with Crippen LogP contribution < -0.4 is 10.6 Å². The fourth-order valence-corrected chi connectivity index (χ4v) is 2.82. The Hall–Kier alpha value is -2.41. The second-order valence-electron chi connectivity index (χ2n) is 4.49. The molecule has 6 nitrogen and oxygen atoms in total. The summed E-state index contributed by atoms with van der Waals surface area (Å²) in [4.78, 5) is 32.6. The molecule has 106 valence electrons. The van der Waals surface area contributed by atoms with Crippen LogP contribution in [-0.2, 0) is 4.79 Å². The molecule has 1 aromatic carbocycles. The number of hydrogen-bond donors (Lipinski definition) is 2. The van der Waals surface area contributed by atoms with Crippen molar-refractivity contribution in [3.8, 4) is 0 Å². The third-order valence-electron chi connectivity index (χ3n) is 2.96. The van der Waals surface area contributed by atoms with Crippen LogP contribution in [-0.4, -0.2) is 27.0 Å². The highest BCUT2D eigenvalue weighted by atomic mass is 32.2. The summed E-state index contributed by atoms with van der Waals surface area (Å²) in [6.07, 6.45) is 3.10. The third kappa shape index (κ3) is 2.87. The standard InChI is InChI=1S/C14H12N4O2S/c1-8-12(19)17-10-7-9(3-4-11(10)21-8)13(20)18-14-15-5-2-6-16-14/h2-8H,1H3,(H,17,19)(H,15,16,18,20). The maximum Gasteiger partial charge on any atom is 0.258 e. The van der Waals surface area contributed by atoms with Crippen LogP contribution in [0.15, 0.2) is 41.6 Å². The lowest BCUT2D eigenvalue weighted by Gasteiger charge is -2.21. The molecule has 0 bridgehead atoms. The number of nitrogens with zero attached hydrogens (tertiary/aromatic N) is 2. The summed E-state index contributed by atoms with van der Waals surface area (Å²) in [6, 6.07) is 6.87. The van der Waals surface area contributed by atoms with Crippen LogP contribution in [0.2, 0.25) is 0 Å². The summed E-state index contributed by atoms with van der Waals surface area (Å²) in [5.41, 5.74) is 1.10. The van der Waals surface area contributed by atoms with Gasteiger partial charge in [-0.3, -0.25) is 14.9 Å². The van der Waals surface area contributed by atoms with Crippen molar-refractivity contribution < 1.29 is 9.59 Å². The predicted octanol–water partition coefficient (Wildman–Crippen LogP) is 2.16. The molecule has 2 aromatic rings. The van der Waals surface area contributed by atoms with E-state index in [1.165, 1.54) is 11.8 Å². The van der Waals surface area contributed by atoms with E-state index in [-0.39, 0.29) is 23.0 Å². The van der Waals surface area contributed by atoms with E-state index in [1.54, 1.807) is 30.6 Å². The quantitative estimate of drug-likeness (QED) is 0.888. The van der Waals surface area contributed by atoms with Gasteiger partial charge in [0.25, 0.3) is 5.91 Å². The highest BCUT2D eigenvalue weighted by Crippen LogP contribution is 2.35. The zero-order chi connectivity index (χ0) is 14.8. The first-order valence-corrected chi connectivity index (χ1v) is 7.21. The molecule has 0 saturated carbocycles. The smallest absolute Gasteiger partial charge is 0.258 e. The van der Waals surface area contributed by atoms with Crippen molar-refractivity contribution in [2.24, 2.45) is 0 Å². The fraction of sp³-hybridized carbons (Fsp3) is 0.143. The zero-order valence-electron chi connectivity index (χ0n) is 11.2. The van der Waals surface area contributed by atoms with Gasteiger partial charge >= 0.3 is 0 Å². The number of thioether (sulfide) groups is 1. The summed E-state index contributed by atoms with van der Waals surface area (Å²) in [5, 5.41) is 5.27. The molecule has 7 heteroatoms. The highest BCUT2D eigenvalue weighted by molar-refractivity contribution is 8.00. The number of anilines is 2. The van der Waals surface area contributed by atoms with E-state index < -0.39 is 0 Å². The van der Waals surface area contributed by atoms with Crippen molar-refractivity contribution in [3.05, 3.63) is 42.2 Å². The molecule has 3 rings (SSSR count). The summed E-state index contributed by atoms with van der Waals surface area (Å²) in [6.45, 7) is 1.84. The highest BCUT2D eigenvalue weighted by Gasteiger charge is 2.23. The molecule has 1 unspecified atom stereocenters. The lowest BCUT2D eigenvalue weighted by atomic mass is 10.2. The lowest BCUT2D eigenvalue weighted by Crippen LogP contribution is -2.26. The van der Waals surface area contributed by atoms with Crippen molar-refractivity contribution in [3.63, 3.8) is 0 Å². The number of rotatable bonds is 2. The molecule has 2 heterocycles. The third-order valence-corrected chi connectivity index (χ3v) is 4.14. The minimum atomic E-state index is -0.318. The van der Waals surface area contributed by atoms with E-state index in [2.05, 4.69) is 20.6 Å². The van der Waals surface area contributed by atoms with Crippen molar-refractivity contribution in [1.29, 1.82) is 0 Å². The van der Waals surface area contributed by atoms with Gasteiger partial charge in [0.2, 0.25) is 11.9 Å². The predicted molar refractivity (Wildman–Crippen MR) is 80.4 cm³/mol. The molecule has 1 aliphatic heterocycles. The summed E-state index contributed by atoms with van der Waals surface area (Å²) in [5.74, 6) is -0.134. The molecule has 1 atom stereocenters. The minimum absolute atomic E-state index is 0.0588. The van der Waals surface area contributed by atoms with E-state index in [0.29, 0.717) is 11.3 Å². The van der Waals surface area contributed by atoms with Gasteiger partial charge < -0.3 is 5.32 Å². The molecular formula is C14H12N4O2S. The van der Waals surface area contributed by atoms with Gasteiger partial charge in [0.15, 0.2) is 0 Å². The van der Waals surface area contributed by atoms with Gasteiger partial charge in [0.05, 0.1) is 10.9 Å². The average Bonchev–Trinajstić information content (AvgIpc) is 2.49. The van der Waals surface area contributed by atoms with E-state index in [1.807, 2.05) is 13.0 Å². The average molecular weight is 300 g/mol. The first kappa shape index (κ1) is 13.6. The summed E-state index contributed by atoms with van der Waals surface area (Å²) < 4.78 is 0. The van der Waals surface area contributed by atoms with Gasteiger partial charge in [-0.05, 0) is 31.2 Å². The van der Waals surface area contributed by atoms with Gasteiger partial charge in [-0.1, -0.05) is 0 Å². The molecule has 21 heavy (non-hydrogen) atoms. The number of benzene rings is 1. The monoisotopic (exact) mass is 300 g/mol. The van der Waals surface area contributed by atoms with E-state index in [9.17, 15) is 9.59 Å². The molecule has 0 saturated heterocycles. The molecule has 0 fully saturated rings. The van der Waals surface area contributed by atoms with E-state index in [0.717, 1.165) is 4.90 Å². The number of carbonyl (C=O) groups is 2. The lowest BCUT2D eigenvalue weighted by molar-refractivity contribution is -0.115. The topological polar surface area (TPSA) is 84.0 Å². The number of amides is 2. The van der Waals surface area contributed by atoms with Crippen LogP contribution in [0.3, 0.4) is 0 Å². The van der Waals surface area contributed by atoms with Crippen LogP contribution >= 0.6 is 11.8 Å². The minimum Gasteiger partial charge on any atom is -0.324 e. The Bertz CT molecular complexity index is 705. The normalized spacial score (nSPS) is 16.8. The Morgan fingerprint density at radius 2 is 2.10 bits per heavy atom. The first-order chi connectivity index (χ1) is 10.1. The van der Waals surface area contributed by atoms with Gasteiger partial charge in [0.1, 0.15) is 0 Å². The Kier molecular flexibility index (Phi) is 3.57. The second kappa shape index (κ2) is 5.53. The summed E-state index contributed by atoms with van der Waals surface area (Å²) >= 11 is 1.48. The molecule has 2 N–H and O–H groups in total. The number of hydrogen-bond acceptors (Lipinski definition) is 5. The fourth-order valence-electron chi connectivity index (χ4n) is 1.89. The van der Waals surface area contributed by atoms with E-state index in [4.69, 9.17) is 0 Å². The molecule has 0 radical (unpaired) electrons. The number of fused-ring (bicyclic) bond motifs is 1.